The van der Waals surface area contributed by atoms with Crippen molar-refractivity contribution in [3.63, 3.8) is 0 Å². The summed E-state index contributed by atoms with van der Waals surface area (Å²) < 4.78 is 39.6. The molecule has 2 heterocycles. The zero-order valence-electron chi connectivity index (χ0n) is 12.1. The Morgan fingerprint density at radius 1 is 1.26 bits per heavy atom. The standard InChI is InChI=1S/C14H14FN3O4S/c15-23(20,21)9-11-7-13(19)18(8-11)14-17-16-12(22-14)6-10-4-2-1-3-5-10/h1-5,11H,6-9H2. The molecule has 1 aromatic carbocycles. The van der Waals surface area contributed by atoms with Crippen molar-refractivity contribution in [1.82, 2.24) is 10.2 Å². The lowest BCUT2D eigenvalue weighted by Crippen LogP contribution is -2.25. The van der Waals surface area contributed by atoms with E-state index in [-0.39, 0.29) is 24.9 Å². The van der Waals surface area contributed by atoms with Crippen molar-refractivity contribution in [2.24, 2.45) is 5.92 Å². The third kappa shape index (κ3) is 3.92. The van der Waals surface area contributed by atoms with Gasteiger partial charge >= 0.3 is 16.2 Å². The summed E-state index contributed by atoms with van der Waals surface area (Å²) in [5.41, 5.74) is 0.983. The number of hydrogen-bond donors (Lipinski definition) is 0. The van der Waals surface area contributed by atoms with E-state index in [1.165, 1.54) is 4.90 Å². The molecular weight excluding hydrogens is 325 g/mol. The van der Waals surface area contributed by atoms with E-state index in [1.54, 1.807) is 0 Å². The van der Waals surface area contributed by atoms with Crippen LogP contribution in [-0.4, -0.2) is 36.8 Å². The molecule has 9 heteroatoms. The molecule has 0 N–H and O–H groups in total. The van der Waals surface area contributed by atoms with Gasteiger partial charge in [0.25, 0.3) is 0 Å². The van der Waals surface area contributed by atoms with Gasteiger partial charge in [0.1, 0.15) is 0 Å². The third-order valence-electron chi connectivity index (χ3n) is 3.53. The zero-order chi connectivity index (χ0) is 16.4. The number of benzene rings is 1. The van der Waals surface area contributed by atoms with Crippen molar-refractivity contribution in [2.75, 3.05) is 17.2 Å². The second-order valence-electron chi connectivity index (χ2n) is 5.42. The first-order chi connectivity index (χ1) is 10.9. The summed E-state index contributed by atoms with van der Waals surface area (Å²) in [6.45, 7) is 0.0505. The number of hydrogen-bond acceptors (Lipinski definition) is 6. The van der Waals surface area contributed by atoms with E-state index in [0.29, 0.717) is 12.3 Å². The Hall–Kier alpha value is -2.29. The van der Waals surface area contributed by atoms with Crippen molar-refractivity contribution in [3.05, 3.63) is 41.8 Å². The molecule has 23 heavy (non-hydrogen) atoms. The van der Waals surface area contributed by atoms with Crippen LogP contribution < -0.4 is 4.90 Å². The molecule has 1 atom stereocenters. The molecule has 122 valence electrons. The first-order valence-corrected chi connectivity index (χ1v) is 8.55. The average molecular weight is 339 g/mol. The lowest BCUT2D eigenvalue weighted by atomic mass is 10.1. The summed E-state index contributed by atoms with van der Waals surface area (Å²) in [6, 6.07) is 9.50. The summed E-state index contributed by atoms with van der Waals surface area (Å²) in [6.07, 6.45) is 0.373. The molecular formula is C14H14FN3O4S. The Morgan fingerprint density at radius 3 is 2.70 bits per heavy atom. The van der Waals surface area contributed by atoms with Crippen LogP contribution in [0, 0.1) is 5.92 Å². The number of halogens is 1. The fourth-order valence-electron chi connectivity index (χ4n) is 2.56. The van der Waals surface area contributed by atoms with E-state index >= 15 is 0 Å². The van der Waals surface area contributed by atoms with Gasteiger partial charge < -0.3 is 4.42 Å². The van der Waals surface area contributed by atoms with E-state index in [9.17, 15) is 17.1 Å². The lowest BCUT2D eigenvalue weighted by molar-refractivity contribution is -0.117. The van der Waals surface area contributed by atoms with Crippen LogP contribution in [0.25, 0.3) is 0 Å². The minimum absolute atomic E-state index is 0.0136. The van der Waals surface area contributed by atoms with E-state index in [2.05, 4.69) is 10.2 Å². The maximum absolute atomic E-state index is 12.7. The quantitative estimate of drug-likeness (QED) is 0.763. The van der Waals surface area contributed by atoms with Gasteiger partial charge in [0.2, 0.25) is 11.8 Å². The molecule has 3 rings (SSSR count). The van der Waals surface area contributed by atoms with Crippen LogP contribution >= 0.6 is 0 Å². The number of anilines is 1. The normalized spacial score (nSPS) is 18.6. The van der Waals surface area contributed by atoms with Crippen molar-refractivity contribution < 1.29 is 21.5 Å². The van der Waals surface area contributed by atoms with Crippen LogP contribution in [0.3, 0.4) is 0 Å². The van der Waals surface area contributed by atoms with Gasteiger partial charge in [0.15, 0.2) is 0 Å². The highest BCUT2D eigenvalue weighted by atomic mass is 32.3. The highest BCUT2D eigenvalue weighted by Crippen LogP contribution is 2.25. The minimum atomic E-state index is -4.62. The Labute approximate surface area is 132 Å². The number of nitrogens with zero attached hydrogens (tertiary/aromatic N) is 3. The molecule has 0 aliphatic carbocycles. The molecule has 0 saturated carbocycles. The van der Waals surface area contributed by atoms with E-state index in [4.69, 9.17) is 4.42 Å². The van der Waals surface area contributed by atoms with Crippen LogP contribution in [0.15, 0.2) is 34.7 Å². The molecule has 0 spiro atoms. The molecule has 7 nitrogen and oxygen atoms in total. The number of rotatable bonds is 5. The monoisotopic (exact) mass is 339 g/mol. The highest BCUT2D eigenvalue weighted by Gasteiger charge is 2.36. The van der Waals surface area contributed by atoms with Gasteiger partial charge in [-0.1, -0.05) is 35.4 Å². The van der Waals surface area contributed by atoms with Gasteiger partial charge in [-0.15, -0.1) is 8.98 Å². The molecule has 1 aromatic heterocycles. The van der Waals surface area contributed by atoms with Crippen LogP contribution in [0.2, 0.25) is 0 Å². The molecule has 0 bridgehead atoms. The fourth-order valence-corrected chi connectivity index (χ4v) is 3.34. The van der Waals surface area contributed by atoms with Gasteiger partial charge in [-0.05, 0) is 5.56 Å². The summed E-state index contributed by atoms with van der Waals surface area (Å²) >= 11 is 0. The van der Waals surface area contributed by atoms with Crippen LogP contribution in [0.4, 0.5) is 9.90 Å². The number of carbonyl (C=O) groups is 1. The fraction of sp³-hybridized carbons (Fsp3) is 0.357. The number of amides is 1. The molecule has 1 unspecified atom stereocenters. The largest absolute Gasteiger partial charge is 0.407 e. The summed E-state index contributed by atoms with van der Waals surface area (Å²) in [5.74, 6) is -1.30. The van der Waals surface area contributed by atoms with Crippen LogP contribution in [0.1, 0.15) is 17.9 Å². The van der Waals surface area contributed by atoms with Crippen molar-refractivity contribution in [3.8, 4) is 0 Å². The van der Waals surface area contributed by atoms with Crippen molar-refractivity contribution >= 4 is 22.1 Å². The Kier molecular flexibility index (Phi) is 4.12. The Balaban J connectivity index is 1.69. The molecule has 1 fully saturated rings. The first-order valence-electron chi connectivity index (χ1n) is 7.00. The second-order valence-corrected chi connectivity index (χ2v) is 6.83. The summed E-state index contributed by atoms with van der Waals surface area (Å²) in [4.78, 5) is 13.1. The molecule has 1 aliphatic rings. The maximum atomic E-state index is 12.7. The summed E-state index contributed by atoms with van der Waals surface area (Å²) in [5, 5.41) is 7.71. The average Bonchev–Trinajstić information content (AvgIpc) is 3.05. The highest BCUT2D eigenvalue weighted by molar-refractivity contribution is 7.86. The molecule has 1 aliphatic heterocycles. The van der Waals surface area contributed by atoms with Crippen LogP contribution in [-0.2, 0) is 21.4 Å². The molecule has 0 radical (unpaired) electrons. The first kappa shape index (κ1) is 15.6. The molecule has 1 amide bonds. The van der Waals surface area contributed by atoms with Gasteiger partial charge in [-0.25, -0.2) is 0 Å². The smallest absolute Gasteiger partial charge is 0.325 e. The van der Waals surface area contributed by atoms with Crippen LogP contribution in [0.5, 0.6) is 0 Å². The predicted molar refractivity (Wildman–Crippen MR) is 78.9 cm³/mol. The van der Waals surface area contributed by atoms with E-state index in [1.807, 2.05) is 30.3 Å². The lowest BCUT2D eigenvalue weighted by Gasteiger charge is -2.10. The number of carbonyl (C=O) groups excluding carboxylic acids is 1. The topological polar surface area (TPSA) is 93.4 Å². The predicted octanol–water partition coefficient (Wildman–Crippen LogP) is 1.31. The van der Waals surface area contributed by atoms with Gasteiger partial charge in [-0.2, -0.15) is 8.42 Å². The maximum Gasteiger partial charge on any atom is 0.325 e. The summed E-state index contributed by atoms with van der Waals surface area (Å²) in [7, 11) is -4.62. The Bertz CT molecular complexity index is 806. The van der Waals surface area contributed by atoms with Gasteiger partial charge in [-0.3, -0.25) is 9.69 Å². The third-order valence-corrected chi connectivity index (χ3v) is 4.39. The number of aromatic nitrogens is 2. The van der Waals surface area contributed by atoms with E-state index in [0.717, 1.165) is 5.56 Å². The zero-order valence-corrected chi connectivity index (χ0v) is 12.9. The SMILES string of the molecule is O=C1CC(CS(=O)(=O)F)CN1c1nnc(Cc2ccccc2)o1. The van der Waals surface area contributed by atoms with Crippen molar-refractivity contribution in [1.29, 1.82) is 0 Å². The minimum Gasteiger partial charge on any atom is -0.407 e. The van der Waals surface area contributed by atoms with E-state index < -0.39 is 21.9 Å². The Morgan fingerprint density at radius 2 is 2.00 bits per heavy atom. The molecule has 2 aromatic rings. The van der Waals surface area contributed by atoms with Crippen molar-refractivity contribution in [2.45, 2.75) is 12.8 Å². The second kappa shape index (κ2) is 6.07. The molecule has 1 saturated heterocycles. The van der Waals surface area contributed by atoms with Gasteiger partial charge in [0.05, 0.1) is 12.2 Å². The van der Waals surface area contributed by atoms with Gasteiger partial charge in [0, 0.05) is 18.9 Å².